The van der Waals surface area contributed by atoms with Gasteiger partial charge >= 0.3 is 6.03 Å². The van der Waals surface area contributed by atoms with Crippen LogP contribution in [0.4, 0.5) is 16.2 Å². The van der Waals surface area contributed by atoms with Crippen LogP contribution in [0.3, 0.4) is 0 Å². The molecule has 1 aliphatic rings. The number of methoxy groups -OCH3 is 2. The minimum atomic E-state index is -1.80. The lowest BCUT2D eigenvalue weighted by Gasteiger charge is -2.29. The second-order valence-electron chi connectivity index (χ2n) is 9.62. The number of nitrogens with one attached hydrogen (secondary N) is 2. The molecule has 1 aliphatic heterocycles. The number of carbonyl (C=O) groups excluding carboxylic acids is 4. The Bertz CT molecular complexity index is 1260. The molecule has 2 aromatic rings. The van der Waals surface area contributed by atoms with Crippen molar-refractivity contribution in [1.82, 2.24) is 9.80 Å². The molecule has 2 N–H and O–H groups in total. The SMILES string of the molecule is COc1cc(NS(=O)OC)ccc1NC(=O)C(C(=O)C(C)(C)C)N1C(=O)C(OC)N(Cc2ccccc2)C1=O. The Morgan fingerprint density at radius 3 is 2.28 bits per heavy atom. The van der Waals surface area contributed by atoms with Gasteiger partial charge in [0, 0.05) is 18.6 Å². The van der Waals surface area contributed by atoms with Crippen molar-refractivity contribution in [3.63, 3.8) is 0 Å². The molecule has 1 saturated heterocycles. The lowest BCUT2D eigenvalue weighted by Crippen LogP contribution is -2.55. The highest BCUT2D eigenvalue weighted by Gasteiger charge is 2.54. The van der Waals surface area contributed by atoms with Gasteiger partial charge in [0.05, 0.1) is 32.1 Å². The Kier molecular flexibility index (Phi) is 9.43. The average Bonchev–Trinajstić information content (AvgIpc) is 3.13. The first-order valence-electron chi connectivity index (χ1n) is 11.9. The van der Waals surface area contributed by atoms with Crippen LogP contribution < -0.4 is 14.8 Å². The predicted molar refractivity (Wildman–Crippen MR) is 144 cm³/mol. The number of amides is 4. The molecule has 13 heteroatoms. The molecule has 1 fully saturated rings. The van der Waals surface area contributed by atoms with Crippen LogP contribution in [0.1, 0.15) is 26.3 Å². The number of ether oxygens (including phenoxy) is 2. The summed E-state index contributed by atoms with van der Waals surface area (Å²) in [7, 11) is 3.89. The number of rotatable bonds is 11. The summed E-state index contributed by atoms with van der Waals surface area (Å²) in [6, 6.07) is 10.8. The molecule has 0 bridgehead atoms. The molecule has 3 atom stereocenters. The number of anilines is 2. The van der Waals surface area contributed by atoms with E-state index >= 15 is 0 Å². The van der Waals surface area contributed by atoms with Gasteiger partial charge in [0.2, 0.25) is 6.23 Å². The number of urea groups is 1. The number of carbonyl (C=O) groups is 4. The number of imide groups is 1. The third-order valence-corrected chi connectivity index (χ3v) is 6.61. The molecule has 0 saturated carbocycles. The third kappa shape index (κ3) is 6.61. The van der Waals surface area contributed by atoms with Gasteiger partial charge in [-0.05, 0) is 17.7 Å². The molecule has 12 nitrogen and oxygen atoms in total. The zero-order valence-corrected chi connectivity index (χ0v) is 23.4. The molecule has 2 aromatic carbocycles. The van der Waals surface area contributed by atoms with Gasteiger partial charge in [0.25, 0.3) is 23.1 Å². The fourth-order valence-corrected chi connectivity index (χ4v) is 4.35. The topological polar surface area (TPSA) is 144 Å². The highest BCUT2D eigenvalue weighted by atomic mass is 32.2. The zero-order chi connectivity index (χ0) is 28.9. The van der Waals surface area contributed by atoms with E-state index in [1.165, 1.54) is 44.4 Å². The number of benzene rings is 2. The Morgan fingerprint density at radius 2 is 1.72 bits per heavy atom. The van der Waals surface area contributed by atoms with Gasteiger partial charge in [-0.15, -0.1) is 0 Å². The lowest BCUT2D eigenvalue weighted by atomic mass is 9.85. The van der Waals surface area contributed by atoms with Gasteiger partial charge in [-0.3, -0.25) is 28.2 Å². The molecule has 3 unspecified atom stereocenters. The van der Waals surface area contributed by atoms with Crippen LogP contribution in [0.2, 0.25) is 0 Å². The fraction of sp³-hybridized carbons (Fsp3) is 0.385. The van der Waals surface area contributed by atoms with Crippen molar-refractivity contribution in [3.05, 3.63) is 54.1 Å². The van der Waals surface area contributed by atoms with E-state index in [2.05, 4.69) is 14.2 Å². The van der Waals surface area contributed by atoms with Crippen LogP contribution in [0.25, 0.3) is 0 Å². The number of hydrogen-bond acceptors (Lipinski definition) is 8. The van der Waals surface area contributed by atoms with Gasteiger partial charge in [-0.1, -0.05) is 51.1 Å². The van der Waals surface area contributed by atoms with E-state index in [0.29, 0.717) is 10.6 Å². The Hall–Kier alpha value is -3.81. The number of nitrogens with zero attached hydrogens (tertiary/aromatic N) is 2. The van der Waals surface area contributed by atoms with E-state index < -0.39 is 52.6 Å². The Morgan fingerprint density at radius 1 is 1.05 bits per heavy atom. The summed E-state index contributed by atoms with van der Waals surface area (Å²) < 4.78 is 29.6. The quantitative estimate of drug-likeness (QED) is 0.315. The second-order valence-corrected chi connectivity index (χ2v) is 10.6. The van der Waals surface area contributed by atoms with E-state index in [0.717, 1.165) is 5.56 Å². The molecule has 0 aliphatic carbocycles. The van der Waals surface area contributed by atoms with E-state index in [-0.39, 0.29) is 18.0 Å². The van der Waals surface area contributed by atoms with Gasteiger partial charge in [-0.2, -0.15) is 0 Å². The van der Waals surface area contributed by atoms with Crippen LogP contribution in [0.15, 0.2) is 48.5 Å². The van der Waals surface area contributed by atoms with Crippen LogP contribution in [0.5, 0.6) is 5.75 Å². The molecular weight excluding hydrogens is 528 g/mol. The molecule has 4 amide bonds. The van der Waals surface area contributed by atoms with Gasteiger partial charge in [0.1, 0.15) is 5.75 Å². The van der Waals surface area contributed by atoms with Crippen molar-refractivity contribution in [1.29, 1.82) is 0 Å². The third-order valence-electron chi connectivity index (χ3n) is 5.91. The highest BCUT2D eigenvalue weighted by Crippen LogP contribution is 2.31. The van der Waals surface area contributed by atoms with E-state index in [9.17, 15) is 23.4 Å². The predicted octanol–water partition coefficient (Wildman–Crippen LogP) is 2.69. The first-order chi connectivity index (χ1) is 18.4. The summed E-state index contributed by atoms with van der Waals surface area (Å²) in [5, 5.41) is 2.60. The average molecular weight is 561 g/mol. The minimum absolute atomic E-state index is 0.0313. The van der Waals surface area contributed by atoms with Crippen LogP contribution in [-0.2, 0) is 41.1 Å². The number of ketones is 1. The normalized spacial score (nSPS) is 17.1. The summed E-state index contributed by atoms with van der Waals surface area (Å²) in [6.07, 6.45) is -1.32. The van der Waals surface area contributed by atoms with Gasteiger partial charge in [-0.25, -0.2) is 13.9 Å². The number of hydrogen-bond donors (Lipinski definition) is 2. The van der Waals surface area contributed by atoms with Crippen molar-refractivity contribution < 1.29 is 37.0 Å². The molecule has 210 valence electrons. The Labute approximate surface area is 229 Å². The lowest BCUT2D eigenvalue weighted by molar-refractivity contribution is -0.148. The maximum Gasteiger partial charge on any atom is 0.330 e. The van der Waals surface area contributed by atoms with Crippen molar-refractivity contribution in [3.8, 4) is 5.75 Å². The summed E-state index contributed by atoms with van der Waals surface area (Å²) >= 11 is -1.80. The second kappa shape index (κ2) is 12.4. The maximum absolute atomic E-state index is 13.6. The highest BCUT2D eigenvalue weighted by molar-refractivity contribution is 7.81. The van der Waals surface area contributed by atoms with Crippen LogP contribution in [-0.4, -0.2) is 71.2 Å². The molecule has 0 spiro atoms. The number of Topliss-reactive ketones (excluding diaryl/α,β-unsaturated/α-hetero) is 1. The van der Waals surface area contributed by atoms with E-state index in [1.54, 1.807) is 45.0 Å². The van der Waals surface area contributed by atoms with Crippen molar-refractivity contribution in [2.24, 2.45) is 5.41 Å². The van der Waals surface area contributed by atoms with Crippen LogP contribution >= 0.6 is 0 Å². The Balaban J connectivity index is 1.97. The summed E-state index contributed by atoms with van der Waals surface area (Å²) in [6.45, 7) is 4.80. The van der Waals surface area contributed by atoms with E-state index in [1.807, 2.05) is 6.07 Å². The van der Waals surface area contributed by atoms with Crippen molar-refractivity contribution >= 4 is 46.3 Å². The van der Waals surface area contributed by atoms with Gasteiger partial charge < -0.3 is 14.8 Å². The first kappa shape index (κ1) is 29.7. The first-order valence-corrected chi connectivity index (χ1v) is 13.0. The monoisotopic (exact) mass is 560 g/mol. The maximum atomic E-state index is 13.6. The largest absolute Gasteiger partial charge is 0.494 e. The molecule has 3 rings (SSSR count). The standard InChI is InChI=1S/C26H32N4O8S/c1-26(2,3)21(31)20(22(32)27-18-13-12-17(14-19(18)36-4)28-39(35)38-6)30-23(33)24(37-5)29(25(30)34)15-16-10-8-7-9-11-16/h7-14,20,24,28H,15H2,1-6H3,(H,27,32). The van der Waals surface area contributed by atoms with Crippen LogP contribution in [0, 0.1) is 5.41 Å². The summed E-state index contributed by atoms with van der Waals surface area (Å²) in [5.74, 6) is -2.22. The summed E-state index contributed by atoms with van der Waals surface area (Å²) in [5.41, 5.74) is 0.182. The minimum Gasteiger partial charge on any atom is -0.494 e. The molecule has 0 aromatic heterocycles. The summed E-state index contributed by atoms with van der Waals surface area (Å²) in [4.78, 5) is 56.0. The van der Waals surface area contributed by atoms with Gasteiger partial charge in [0.15, 0.2) is 11.8 Å². The van der Waals surface area contributed by atoms with Crippen molar-refractivity contribution in [2.75, 3.05) is 31.4 Å². The molecule has 0 radical (unpaired) electrons. The molecule has 39 heavy (non-hydrogen) atoms. The smallest absolute Gasteiger partial charge is 0.330 e. The molecular formula is C26H32N4O8S. The van der Waals surface area contributed by atoms with Crippen molar-refractivity contribution in [2.45, 2.75) is 39.6 Å². The zero-order valence-electron chi connectivity index (χ0n) is 22.5. The fourth-order valence-electron chi connectivity index (χ4n) is 3.94. The van der Waals surface area contributed by atoms with E-state index in [4.69, 9.17) is 9.47 Å². The molecule has 1 heterocycles.